The van der Waals surface area contributed by atoms with E-state index < -0.39 is 12.1 Å². The Kier molecular flexibility index (Phi) is 13.0. The van der Waals surface area contributed by atoms with Gasteiger partial charge >= 0.3 is 5.97 Å². The van der Waals surface area contributed by atoms with E-state index in [0.29, 0.717) is 13.0 Å². The van der Waals surface area contributed by atoms with E-state index in [9.17, 15) is 4.79 Å². The van der Waals surface area contributed by atoms with E-state index >= 15 is 0 Å². The number of carbonyl (C=O) groups is 1. The van der Waals surface area contributed by atoms with Crippen LogP contribution in [0.25, 0.3) is 0 Å². The van der Waals surface area contributed by atoms with E-state index in [1.54, 1.807) is 0 Å². The molecule has 0 fully saturated rings. The average Bonchev–Trinajstić information content (AvgIpc) is 2.39. The van der Waals surface area contributed by atoms with Gasteiger partial charge in [-0.2, -0.15) is 0 Å². The predicted molar refractivity (Wildman–Crippen MR) is 83.2 cm³/mol. The summed E-state index contributed by atoms with van der Waals surface area (Å²) in [4.78, 5) is 13.1. The summed E-state index contributed by atoms with van der Waals surface area (Å²) in [6.45, 7) is 3.48. The molecule has 120 valence electrons. The number of rotatable bonds is 14. The maximum Gasteiger partial charge on any atom is 0.332 e. The first-order valence-electron chi connectivity index (χ1n) is 8.07. The molecular weight excluding hydrogens is 254 g/mol. The zero-order valence-corrected chi connectivity index (χ0v) is 13.6. The highest BCUT2D eigenvalue weighted by molar-refractivity contribution is 5.72. The van der Waals surface area contributed by atoms with Gasteiger partial charge in [0, 0.05) is 6.54 Å². The van der Waals surface area contributed by atoms with Gasteiger partial charge in [-0.15, -0.1) is 0 Å². The Morgan fingerprint density at radius 1 is 1.05 bits per heavy atom. The molecule has 0 amide bonds. The zero-order valence-electron chi connectivity index (χ0n) is 13.6. The average molecular weight is 287 g/mol. The third-order valence-electron chi connectivity index (χ3n) is 3.45. The van der Waals surface area contributed by atoms with Crippen molar-refractivity contribution in [3.63, 3.8) is 0 Å². The number of likely N-dealkylation sites (N-methyl/N-ethyl adjacent to an activating group) is 1. The Morgan fingerprint density at radius 3 is 2.10 bits per heavy atom. The Balaban J connectivity index is 3.53. The van der Waals surface area contributed by atoms with E-state index in [2.05, 4.69) is 6.92 Å². The first-order valence-corrected chi connectivity index (χ1v) is 8.07. The topological polar surface area (TPSA) is 49.8 Å². The van der Waals surface area contributed by atoms with Crippen molar-refractivity contribution < 1.29 is 14.6 Å². The number of carboxylic acids is 1. The molecular formula is C16H33NO3. The van der Waals surface area contributed by atoms with Gasteiger partial charge in [0.05, 0.1) is 6.61 Å². The number of carboxylic acid groups (broad SMARTS) is 1. The Morgan fingerprint density at radius 2 is 1.60 bits per heavy atom. The zero-order chi connectivity index (χ0) is 15.2. The van der Waals surface area contributed by atoms with Crippen LogP contribution in [-0.2, 0) is 9.53 Å². The van der Waals surface area contributed by atoms with Crippen molar-refractivity contribution in [3.05, 3.63) is 0 Å². The molecule has 4 nitrogen and oxygen atoms in total. The monoisotopic (exact) mass is 287 g/mol. The minimum Gasteiger partial charge on any atom is -0.479 e. The van der Waals surface area contributed by atoms with Crippen LogP contribution in [0.4, 0.5) is 0 Å². The summed E-state index contributed by atoms with van der Waals surface area (Å²) in [6, 6.07) is 0. The van der Waals surface area contributed by atoms with E-state index in [1.165, 1.54) is 38.5 Å². The molecule has 0 saturated carbocycles. The Labute approximate surface area is 124 Å². The Bertz CT molecular complexity index is 232. The number of nitrogens with zero attached hydrogens (tertiary/aromatic N) is 1. The maximum atomic E-state index is 11.1. The SMILES string of the molecule is CCCCCCCCCCC(OCCN(C)C)C(=O)O. The lowest BCUT2D eigenvalue weighted by atomic mass is 10.1. The molecule has 0 aromatic heterocycles. The van der Waals surface area contributed by atoms with Gasteiger partial charge in [-0.05, 0) is 20.5 Å². The lowest BCUT2D eigenvalue weighted by Gasteiger charge is -2.15. The lowest BCUT2D eigenvalue weighted by molar-refractivity contribution is -0.151. The van der Waals surface area contributed by atoms with Crippen LogP contribution in [0.1, 0.15) is 64.7 Å². The largest absolute Gasteiger partial charge is 0.479 e. The van der Waals surface area contributed by atoms with Crippen LogP contribution in [0.15, 0.2) is 0 Å². The van der Waals surface area contributed by atoms with E-state index in [1.807, 2.05) is 19.0 Å². The third kappa shape index (κ3) is 12.4. The summed E-state index contributed by atoms with van der Waals surface area (Å²) in [7, 11) is 3.91. The quantitative estimate of drug-likeness (QED) is 0.496. The number of aliphatic carboxylic acids is 1. The van der Waals surface area contributed by atoms with Gasteiger partial charge in [-0.25, -0.2) is 4.79 Å². The van der Waals surface area contributed by atoms with Gasteiger partial charge in [0.25, 0.3) is 0 Å². The van der Waals surface area contributed by atoms with Crippen LogP contribution in [0.5, 0.6) is 0 Å². The smallest absolute Gasteiger partial charge is 0.332 e. The van der Waals surface area contributed by atoms with Gasteiger partial charge < -0.3 is 14.7 Å². The molecule has 20 heavy (non-hydrogen) atoms. The fourth-order valence-corrected chi connectivity index (χ4v) is 2.12. The van der Waals surface area contributed by atoms with E-state index in [4.69, 9.17) is 9.84 Å². The molecule has 0 saturated heterocycles. The maximum absolute atomic E-state index is 11.1. The molecule has 0 rings (SSSR count). The van der Waals surface area contributed by atoms with Gasteiger partial charge in [0.15, 0.2) is 6.10 Å². The van der Waals surface area contributed by atoms with Crippen molar-refractivity contribution >= 4 is 5.97 Å². The summed E-state index contributed by atoms with van der Waals surface area (Å²) in [5, 5.41) is 9.10. The van der Waals surface area contributed by atoms with Crippen LogP contribution in [-0.4, -0.2) is 49.3 Å². The molecule has 0 aliphatic carbocycles. The molecule has 0 aliphatic rings. The number of hydrogen-bond acceptors (Lipinski definition) is 3. The minimum absolute atomic E-state index is 0.487. The van der Waals surface area contributed by atoms with E-state index in [-0.39, 0.29) is 0 Å². The normalized spacial score (nSPS) is 12.8. The van der Waals surface area contributed by atoms with Crippen molar-refractivity contribution in [2.45, 2.75) is 70.8 Å². The van der Waals surface area contributed by atoms with Gasteiger partial charge in [-0.1, -0.05) is 58.3 Å². The molecule has 0 bridgehead atoms. The summed E-state index contributed by atoms with van der Waals surface area (Å²) in [5.74, 6) is -0.827. The standard InChI is InChI=1S/C16H33NO3/c1-4-5-6-7-8-9-10-11-12-15(16(18)19)20-14-13-17(2)3/h15H,4-14H2,1-3H3,(H,18,19). The second-order valence-electron chi connectivity index (χ2n) is 5.76. The number of unbranched alkanes of at least 4 members (excludes halogenated alkanes) is 7. The summed E-state index contributed by atoms with van der Waals surface area (Å²) in [6.07, 6.45) is 9.84. The lowest BCUT2D eigenvalue weighted by Crippen LogP contribution is -2.28. The minimum atomic E-state index is -0.827. The second-order valence-corrected chi connectivity index (χ2v) is 5.76. The summed E-state index contributed by atoms with van der Waals surface area (Å²) in [5.41, 5.74) is 0. The Hall–Kier alpha value is -0.610. The molecule has 0 aromatic carbocycles. The number of hydrogen-bond donors (Lipinski definition) is 1. The summed E-state index contributed by atoms with van der Waals surface area (Å²) >= 11 is 0. The molecule has 0 heterocycles. The van der Waals surface area contributed by atoms with Crippen LogP contribution >= 0.6 is 0 Å². The van der Waals surface area contributed by atoms with Crippen LogP contribution in [0.2, 0.25) is 0 Å². The molecule has 0 aliphatic heterocycles. The van der Waals surface area contributed by atoms with Crippen LogP contribution in [0, 0.1) is 0 Å². The van der Waals surface area contributed by atoms with Crippen LogP contribution < -0.4 is 0 Å². The van der Waals surface area contributed by atoms with Gasteiger partial charge in [0.2, 0.25) is 0 Å². The summed E-state index contributed by atoms with van der Waals surface area (Å²) < 4.78 is 5.43. The fraction of sp³-hybridized carbons (Fsp3) is 0.938. The van der Waals surface area contributed by atoms with Crippen molar-refractivity contribution in [2.75, 3.05) is 27.2 Å². The van der Waals surface area contributed by atoms with E-state index in [0.717, 1.165) is 19.4 Å². The molecule has 1 N–H and O–H groups in total. The number of ether oxygens (including phenoxy) is 1. The first-order chi connectivity index (χ1) is 9.57. The molecule has 0 radical (unpaired) electrons. The van der Waals surface area contributed by atoms with Gasteiger partial charge in [0.1, 0.15) is 0 Å². The molecule has 0 aromatic rings. The first kappa shape index (κ1) is 19.4. The highest BCUT2D eigenvalue weighted by Gasteiger charge is 2.17. The van der Waals surface area contributed by atoms with Crippen molar-refractivity contribution in [1.82, 2.24) is 4.90 Å². The van der Waals surface area contributed by atoms with Crippen molar-refractivity contribution in [2.24, 2.45) is 0 Å². The van der Waals surface area contributed by atoms with Crippen molar-refractivity contribution in [1.29, 1.82) is 0 Å². The predicted octanol–water partition coefficient (Wildman–Crippen LogP) is 3.55. The highest BCUT2D eigenvalue weighted by atomic mass is 16.5. The third-order valence-corrected chi connectivity index (χ3v) is 3.45. The second kappa shape index (κ2) is 13.4. The highest BCUT2D eigenvalue weighted by Crippen LogP contribution is 2.12. The fourth-order valence-electron chi connectivity index (χ4n) is 2.12. The van der Waals surface area contributed by atoms with Crippen LogP contribution in [0.3, 0.4) is 0 Å². The molecule has 0 spiro atoms. The van der Waals surface area contributed by atoms with Crippen molar-refractivity contribution in [3.8, 4) is 0 Å². The molecule has 1 atom stereocenters. The molecule has 1 unspecified atom stereocenters. The van der Waals surface area contributed by atoms with Gasteiger partial charge in [-0.3, -0.25) is 0 Å². The molecule has 4 heteroatoms.